The van der Waals surface area contributed by atoms with Crippen molar-refractivity contribution >= 4 is 46.1 Å². The van der Waals surface area contributed by atoms with E-state index in [4.69, 9.17) is 9.98 Å². The maximum absolute atomic E-state index is 5.60. The molecule has 0 fully saturated rings. The highest BCUT2D eigenvalue weighted by molar-refractivity contribution is 6.05. The number of nitrogens with one attached hydrogen (secondary N) is 2. The molecule has 362 valence electrons. The molecule has 0 saturated heterocycles. The van der Waals surface area contributed by atoms with Crippen molar-refractivity contribution in [3.8, 4) is 44.5 Å². The number of aromatic nitrogens is 7. The zero-order valence-electron chi connectivity index (χ0n) is 41.9. The van der Waals surface area contributed by atoms with Crippen molar-refractivity contribution in [1.82, 2.24) is 15.0 Å². The lowest BCUT2D eigenvalue weighted by Gasteiger charge is -2.08. The van der Waals surface area contributed by atoms with E-state index >= 15 is 0 Å². The summed E-state index contributed by atoms with van der Waals surface area (Å²) in [6, 6.07) is 71.6. The van der Waals surface area contributed by atoms with Crippen molar-refractivity contribution in [2.75, 3.05) is 0 Å². The molecule has 8 nitrogen and oxygen atoms in total. The van der Waals surface area contributed by atoms with Crippen LogP contribution in [0.25, 0.3) is 78.7 Å². The zero-order chi connectivity index (χ0) is 50.6. The van der Waals surface area contributed by atoms with Crippen LogP contribution >= 0.6 is 0 Å². The Kier molecular flexibility index (Phi) is 12.4. The van der Waals surface area contributed by atoms with Gasteiger partial charge in [-0.3, -0.25) is 4.99 Å². The Morgan fingerprint density at radius 2 is 0.618 bits per heavy atom. The average molecular weight is 983 g/mol. The van der Waals surface area contributed by atoms with Gasteiger partial charge in [0.15, 0.2) is 75.8 Å². The first kappa shape index (κ1) is 45.9. The van der Waals surface area contributed by atoms with Crippen LogP contribution in [0.1, 0.15) is 39.2 Å². The second kappa shape index (κ2) is 20.5. The van der Waals surface area contributed by atoms with Crippen LogP contribution in [0.4, 0.5) is 5.69 Å². The monoisotopic (exact) mass is 982 g/mol. The lowest BCUT2D eigenvalue weighted by molar-refractivity contribution is -0.688. The van der Waals surface area contributed by atoms with Gasteiger partial charge in [-0.2, -0.15) is 0 Å². The number of H-pyrrole nitrogens is 2. The summed E-state index contributed by atoms with van der Waals surface area (Å²) in [4.78, 5) is 18.8. The van der Waals surface area contributed by atoms with E-state index in [0.29, 0.717) is 0 Å². The third-order valence-corrected chi connectivity index (χ3v) is 14.3. The minimum absolute atomic E-state index is 0.773. The van der Waals surface area contributed by atoms with Gasteiger partial charge < -0.3 is 9.97 Å². The van der Waals surface area contributed by atoms with Crippen LogP contribution in [0.2, 0.25) is 0 Å². The number of nitrogens with zero attached hydrogens (tertiary/aromatic N) is 6. The molecule has 8 bridgehead atoms. The summed E-state index contributed by atoms with van der Waals surface area (Å²) < 4.78 is 8.79. The fraction of sp³-hybridized carbons (Fsp3) is 0.0588. The zero-order valence-corrected chi connectivity index (χ0v) is 41.9. The topological polar surface area (TPSA) is 72.4 Å². The van der Waals surface area contributed by atoms with Gasteiger partial charge in [0.05, 0.1) is 17.1 Å². The van der Waals surface area contributed by atoms with Gasteiger partial charge >= 0.3 is 0 Å². The molecule has 0 saturated carbocycles. The number of hydrogen-bond donors (Lipinski definition) is 2. The number of hydrogen-bond acceptors (Lipinski definition) is 2. The molecule has 9 heterocycles. The first-order chi connectivity index (χ1) is 37.6. The smallest absolute Gasteiger partial charge is 0.173 e. The van der Waals surface area contributed by atoms with E-state index in [1.54, 1.807) is 0 Å². The summed E-state index contributed by atoms with van der Waals surface area (Å²) in [6.07, 6.45) is 23.2. The molecule has 0 radical (unpaired) electrons. The summed E-state index contributed by atoms with van der Waals surface area (Å²) in [5, 5.41) is 0. The number of benzene rings is 4. The third kappa shape index (κ3) is 9.71. The fourth-order valence-electron chi connectivity index (χ4n) is 10.6. The number of fused-ring (bicyclic) bond motifs is 8. The highest BCUT2D eigenvalue weighted by Gasteiger charge is 2.20. The van der Waals surface area contributed by atoms with Gasteiger partial charge in [-0.05, 0) is 64.7 Å². The predicted octanol–water partition coefficient (Wildman–Crippen LogP) is 12.9. The molecule has 2 N–H and O–H groups in total. The van der Waals surface area contributed by atoms with E-state index in [1.165, 1.54) is 22.3 Å². The molecule has 8 heteroatoms. The second-order valence-electron chi connectivity index (χ2n) is 19.5. The minimum atomic E-state index is 0.773. The molecule has 13 rings (SSSR count). The van der Waals surface area contributed by atoms with Crippen LogP contribution in [0.15, 0.2) is 255 Å². The Balaban J connectivity index is 1.04. The van der Waals surface area contributed by atoms with Gasteiger partial charge in [-0.15, -0.1) is 0 Å². The van der Waals surface area contributed by atoms with Crippen LogP contribution in [0.3, 0.4) is 0 Å². The molecular weight excluding hydrogens is 929 g/mol. The van der Waals surface area contributed by atoms with Crippen LogP contribution in [0, 0.1) is 0 Å². The largest absolute Gasteiger partial charge is 0.354 e. The predicted molar refractivity (Wildman–Crippen MR) is 304 cm³/mol. The Morgan fingerprint density at radius 3 is 0.974 bits per heavy atom. The summed E-state index contributed by atoms with van der Waals surface area (Å²) in [5.74, 6) is 0. The maximum Gasteiger partial charge on any atom is 0.173 e. The third-order valence-electron chi connectivity index (χ3n) is 14.3. The van der Waals surface area contributed by atoms with Crippen molar-refractivity contribution in [1.29, 1.82) is 0 Å². The van der Waals surface area contributed by atoms with Gasteiger partial charge in [0, 0.05) is 127 Å². The Morgan fingerprint density at radius 1 is 0.316 bits per heavy atom. The highest BCUT2D eigenvalue weighted by Crippen LogP contribution is 2.41. The fourth-order valence-corrected chi connectivity index (χ4v) is 10.6. The van der Waals surface area contributed by atoms with Crippen molar-refractivity contribution in [2.24, 2.45) is 4.99 Å². The Bertz CT molecular complexity index is 3560. The molecule has 76 heavy (non-hydrogen) atoms. The van der Waals surface area contributed by atoms with E-state index in [9.17, 15) is 0 Å². The van der Waals surface area contributed by atoms with Crippen molar-refractivity contribution in [3.05, 3.63) is 289 Å². The lowest BCUT2D eigenvalue weighted by atomic mass is 9.99. The maximum atomic E-state index is 5.60. The molecule has 11 aromatic rings. The van der Waals surface area contributed by atoms with E-state index in [1.807, 2.05) is 18.3 Å². The van der Waals surface area contributed by atoms with Crippen LogP contribution in [-0.4, -0.2) is 21.2 Å². The van der Waals surface area contributed by atoms with Crippen molar-refractivity contribution in [3.63, 3.8) is 0 Å². The van der Waals surface area contributed by atoms with Gasteiger partial charge in [0.1, 0.15) is 0 Å². The summed E-state index contributed by atoms with van der Waals surface area (Å²) >= 11 is 0. The van der Waals surface area contributed by atoms with Gasteiger partial charge in [0.25, 0.3) is 0 Å². The molecule has 7 aromatic heterocycles. The van der Waals surface area contributed by atoms with Crippen molar-refractivity contribution < 1.29 is 18.3 Å². The average Bonchev–Trinajstić information content (AvgIpc) is 4.34. The number of aromatic amines is 2. The Labute approximate surface area is 441 Å². The first-order valence-electron chi connectivity index (χ1n) is 25.9. The number of aliphatic imine (C=N–C) groups is 1. The molecule has 0 spiro atoms. The summed E-state index contributed by atoms with van der Waals surface area (Å²) in [7, 11) is 0. The minimum Gasteiger partial charge on any atom is -0.354 e. The summed E-state index contributed by atoms with van der Waals surface area (Å²) in [5.41, 5.74) is 20.8. The van der Waals surface area contributed by atoms with E-state index in [-0.39, 0.29) is 0 Å². The number of rotatable bonds is 12. The standard InChI is InChI=1S/C68H54N8/c1-5-35-73(36-6-1)45-49-13-21-53(22-14-49)65-57-43-64(69-44-57)68(56-27-19-52(20-28-56)48-76-41-11-4-12-42-76)63-34-33-62(72-63)67(55-25-17-51(18-26-55)47-75-39-9-3-10-40-75)61-32-31-60(71-61)66(59-30-29-58(65)70-59)54-23-15-50(16-24-54)46-74-37-7-2-8-38-74/h1-44,70,72H,45-48H2/q+4. The molecule has 0 unspecified atom stereocenters. The molecule has 2 aliphatic rings. The quantitative estimate of drug-likeness (QED) is 0.118. The lowest BCUT2D eigenvalue weighted by Crippen LogP contribution is -2.32. The SMILES string of the molecule is C1=Cc2nc1c(-c1ccc(C[n+]3ccccc3)cc1)c1ccc([nH]1)c(-c1ccc(C[n+]3ccccc3)cc1)c1cc(c(-c3ccc(C[n+]4ccccc4)cc3)c3ccc([nH]3)c2-c2ccc(C[n+]3ccccc3)cc2)N=C1. The van der Waals surface area contributed by atoms with E-state index in [2.05, 4.69) is 278 Å². The van der Waals surface area contributed by atoms with E-state index in [0.717, 1.165) is 115 Å². The summed E-state index contributed by atoms with van der Waals surface area (Å²) in [6.45, 7) is 3.09. The molecule has 4 aromatic carbocycles. The van der Waals surface area contributed by atoms with Crippen LogP contribution in [0.5, 0.6) is 0 Å². The number of pyridine rings is 4. The second-order valence-corrected chi connectivity index (χ2v) is 19.5. The van der Waals surface area contributed by atoms with Gasteiger partial charge in [-0.1, -0.05) is 121 Å². The molecular formula is C68H54N8+4. The van der Waals surface area contributed by atoms with Crippen molar-refractivity contribution in [2.45, 2.75) is 26.2 Å². The highest BCUT2D eigenvalue weighted by atomic mass is 14.9. The van der Waals surface area contributed by atoms with Crippen LogP contribution < -0.4 is 18.3 Å². The van der Waals surface area contributed by atoms with Gasteiger partial charge in [0.2, 0.25) is 0 Å². The molecule has 2 aliphatic heterocycles. The molecule has 0 atom stereocenters. The molecule has 0 amide bonds. The van der Waals surface area contributed by atoms with Gasteiger partial charge in [-0.25, -0.2) is 23.3 Å². The Hall–Kier alpha value is -9.92. The molecule has 0 aliphatic carbocycles. The van der Waals surface area contributed by atoms with Crippen LogP contribution in [-0.2, 0) is 26.2 Å². The first-order valence-corrected chi connectivity index (χ1v) is 25.9. The van der Waals surface area contributed by atoms with E-state index < -0.39 is 0 Å². The normalized spacial score (nSPS) is 11.8.